The number of carbonyl (C=O) groups is 2. The van der Waals surface area contributed by atoms with E-state index in [2.05, 4.69) is 20.5 Å². The molecule has 0 bridgehead atoms. The highest BCUT2D eigenvalue weighted by Crippen LogP contribution is 2.23. The number of amides is 2. The maximum absolute atomic E-state index is 11.9. The predicted molar refractivity (Wildman–Crippen MR) is 114 cm³/mol. The Morgan fingerprint density at radius 2 is 1.76 bits per heavy atom. The van der Waals surface area contributed by atoms with Crippen LogP contribution in [-0.2, 0) is 9.59 Å². The van der Waals surface area contributed by atoms with Crippen LogP contribution in [0.3, 0.4) is 0 Å². The molecule has 1 aliphatic rings. The Balaban J connectivity index is 1.77. The molecule has 154 valence electrons. The lowest BCUT2D eigenvalue weighted by atomic mass is 10.2. The molecule has 1 aromatic heterocycles. The van der Waals surface area contributed by atoms with E-state index in [1.165, 1.54) is 6.92 Å². The van der Waals surface area contributed by atoms with E-state index in [4.69, 9.17) is 4.98 Å². The van der Waals surface area contributed by atoms with Gasteiger partial charge in [-0.3, -0.25) is 9.59 Å². The molecule has 0 radical (unpaired) electrons. The van der Waals surface area contributed by atoms with Crippen molar-refractivity contribution in [1.29, 1.82) is 0 Å². The number of piperazine rings is 1. The van der Waals surface area contributed by atoms with E-state index in [0.717, 1.165) is 24.5 Å². The van der Waals surface area contributed by atoms with Crippen LogP contribution in [0.4, 0.5) is 11.6 Å². The average Bonchev–Trinajstić information content (AvgIpc) is 2.76. The second-order valence-corrected chi connectivity index (χ2v) is 6.93. The van der Waals surface area contributed by atoms with Crippen molar-refractivity contribution >= 4 is 23.5 Å². The largest absolute Gasteiger partial charge is 0.368 e. The minimum atomic E-state index is -0.0559. The van der Waals surface area contributed by atoms with Crippen molar-refractivity contribution in [1.82, 2.24) is 20.2 Å². The Hall–Kier alpha value is -3.16. The van der Waals surface area contributed by atoms with Gasteiger partial charge in [0.2, 0.25) is 11.8 Å². The fraction of sp³-hybridized carbons (Fsp3) is 0.429. The molecule has 8 heteroatoms. The quantitative estimate of drug-likeness (QED) is 0.693. The lowest BCUT2D eigenvalue weighted by Crippen LogP contribution is -2.48. The van der Waals surface area contributed by atoms with E-state index in [1.54, 1.807) is 0 Å². The van der Waals surface area contributed by atoms with Crippen molar-refractivity contribution in [3.8, 4) is 11.4 Å². The fourth-order valence-electron chi connectivity index (χ4n) is 3.24. The Morgan fingerprint density at radius 3 is 2.41 bits per heavy atom. The summed E-state index contributed by atoms with van der Waals surface area (Å²) in [6, 6.07) is 11.8. The molecule has 0 aliphatic carbocycles. The molecule has 2 heterocycles. The first-order valence-electron chi connectivity index (χ1n) is 10.0. The molecule has 1 saturated heterocycles. The number of hydrogen-bond donors (Lipinski definition) is 2. The zero-order valence-electron chi connectivity index (χ0n) is 17.0. The predicted octanol–water partition coefficient (Wildman–Crippen LogP) is 1.75. The second kappa shape index (κ2) is 9.86. The van der Waals surface area contributed by atoms with E-state index < -0.39 is 0 Å². The van der Waals surface area contributed by atoms with Gasteiger partial charge in [-0.25, -0.2) is 9.97 Å². The second-order valence-electron chi connectivity index (χ2n) is 6.93. The molecule has 8 nitrogen and oxygen atoms in total. The summed E-state index contributed by atoms with van der Waals surface area (Å²) in [4.78, 5) is 36.5. The lowest BCUT2D eigenvalue weighted by molar-refractivity contribution is -0.131. The Labute approximate surface area is 171 Å². The topological polar surface area (TPSA) is 90.5 Å². The van der Waals surface area contributed by atoms with E-state index in [9.17, 15) is 9.59 Å². The van der Waals surface area contributed by atoms with Gasteiger partial charge in [0.1, 0.15) is 11.6 Å². The van der Waals surface area contributed by atoms with Gasteiger partial charge in [-0.15, -0.1) is 0 Å². The van der Waals surface area contributed by atoms with Crippen LogP contribution in [0.2, 0.25) is 0 Å². The molecule has 1 aromatic carbocycles. The summed E-state index contributed by atoms with van der Waals surface area (Å²) in [7, 11) is 0. The number of nitrogens with zero attached hydrogens (tertiary/aromatic N) is 4. The number of aromatic nitrogens is 2. The summed E-state index contributed by atoms with van der Waals surface area (Å²) in [6.07, 6.45) is 0.536. The third-order valence-electron chi connectivity index (χ3n) is 4.81. The third kappa shape index (κ3) is 5.66. The van der Waals surface area contributed by atoms with Crippen LogP contribution in [0.1, 0.15) is 20.3 Å². The van der Waals surface area contributed by atoms with Crippen LogP contribution in [-0.4, -0.2) is 66.0 Å². The summed E-state index contributed by atoms with van der Waals surface area (Å²) in [5, 5.41) is 6.04. The molecule has 2 amide bonds. The molecule has 1 aliphatic heterocycles. The van der Waals surface area contributed by atoms with Crippen LogP contribution in [0.15, 0.2) is 36.4 Å². The van der Waals surface area contributed by atoms with E-state index in [1.807, 2.05) is 48.2 Å². The number of nitrogens with one attached hydrogen (secondary N) is 2. The number of benzene rings is 1. The average molecular weight is 396 g/mol. The first kappa shape index (κ1) is 20.6. The molecule has 0 unspecified atom stereocenters. The Bertz CT molecular complexity index is 834. The monoisotopic (exact) mass is 396 g/mol. The molecular formula is C21H28N6O2. The van der Waals surface area contributed by atoms with Crippen molar-refractivity contribution in [2.24, 2.45) is 0 Å². The normalized spacial score (nSPS) is 13.9. The highest BCUT2D eigenvalue weighted by molar-refractivity contribution is 5.76. The highest BCUT2D eigenvalue weighted by atomic mass is 16.2. The van der Waals surface area contributed by atoms with Crippen LogP contribution in [0, 0.1) is 0 Å². The van der Waals surface area contributed by atoms with Gasteiger partial charge < -0.3 is 20.4 Å². The minimum absolute atomic E-state index is 0.0559. The Kier molecular flexibility index (Phi) is 6.99. The van der Waals surface area contributed by atoms with Crippen LogP contribution >= 0.6 is 0 Å². The summed E-state index contributed by atoms with van der Waals surface area (Å²) in [6.45, 7) is 7.36. The van der Waals surface area contributed by atoms with Gasteiger partial charge in [0.15, 0.2) is 5.82 Å². The van der Waals surface area contributed by atoms with E-state index in [0.29, 0.717) is 44.2 Å². The minimum Gasteiger partial charge on any atom is -0.368 e. The zero-order valence-corrected chi connectivity index (χ0v) is 17.0. The van der Waals surface area contributed by atoms with Gasteiger partial charge in [0.25, 0.3) is 0 Å². The van der Waals surface area contributed by atoms with Gasteiger partial charge in [-0.1, -0.05) is 37.3 Å². The Morgan fingerprint density at radius 1 is 1.03 bits per heavy atom. The first-order valence-corrected chi connectivity index (χ1v) is 10.0. The number of carbonyl (C=O) groups excluding carboxylic acids is 2. The highest BCUT2D eigenvalue weighted by Gasteiger charge is 2.22. The lowest BCUT2D eigenvalue weighted by Gasteiger charge is -2.35. The van der Waals surface area contributed by atoms with Crippen molar-refractivity contribution in [3.63, 3.8) is 0 Å². The van der Waals surface area contributed by atoms with Crippen molar-refractivity contribution in [3.05, 3.63) is 36.4 Å². The molecule has 0 saturated carbocycles. The van der Waals surface area contributed by atoms with Gasteiger partial charge in [0, 0.05) is 64.2 Å². The van der Waals surface area contributed by atoms with Crippen molar-refractivity contribution < 1.29 is 9.59 Å². The SMILES string of the molecule is CCC(=O)N1CCN(c2cc(NCCNC(C)=O)nc(-c3ccccc3)n2)CC1. The van der Waals surface area contributed by atoms with Crippen molar-refractivity contribution in [2.75, 3.05) is 49.5 Å². The summed E-state index contributed by atoms with van der Waals surface area (Å²) in [5.41, 5.74) is 0.944. The zero-order chi connectivity index (χ0) is 20.6. The van der Waals surface area contributed by atoms with E-state index in [-0.39, 0.29) is 11.8 Å². The number of anilines is 2. The summed E-state index contributed by atoms with van der Waals surface area (Å²) >= 11 is 0. The first-order chi connectivity index (χ1) is 14.1. The van der Waals surface area contributed by atoms with E-state index >= 15 is 0 Å². The van der Waals surface area contributed by atoms with Crippen molar-refractivity contribution in [2.45, 2.75) is 20.3 Å². The molecule has 0 spiro atoms. The molecular weight excluding hydrogens is 368 g/mol. The molecule has 3 rings (SSSR count). The van der Waals surface area contributed by atoms with Gasteiger partial charge >= 0.3 is 0 Å². The standard InChI is InChI=1S/C21H28N6O2/c1-3-20(29)27-13-11-26(12-14-27)19-15-18(23-10-9-22-16(2)28)24-21(25-19)17-7-5-4-6-8-17/h4-8,15H,3,9-14H2,1-2H3,(H,22,28)(H,23,24,25). The number of hydrogen-bond acceptors (Lipinski definition) is 6. The third-order valence-corrected chi connectivity index (χ3v) is 4.81. The van der Waals surface area contributed by atoms with Gasteiger partial charge in [-0.05, 0) is 0 Å². The smallest absolute Gasteiger partial charge is 0.222 e. The maximum Gasteiger partial charge on any atom is 0.222 e. The van der Waals surface area contributed by atoms with Gasteiger partial charge in [-0.2, -0.15) is 0 Å². The van der Waals surface area contributed by atoms with Crippen LogP contribution < -0.4 is 15.5 Å². The molecule has 2 N–H and O–H groups in total. The van der Waals surface area contributed by atoms with Gasteiger partial charge in [0.05, 0.1) is 0 Å². The maximum atomic E-state index is 11.9. The van der Waals surface area contributed by atoms with Crippen LogP contribution in [0.5, 0.6) is 0 Å². The fourth-order valence-corrected chi connectivity index (χ4v) is 3.24. The number of rotatable bonds is 7. The molecule has 1 fully saturated rings. The summed E-state index contributed by atoms with van der Waals surface area (Å²) in [5.74, 6) is 2.34. The molecule has 2 aromatic rings. The molecule has 29 heavy (non-hydrogen) atoms. The van der Waals surface area contributed by atoms with Crippen LogP contribution in [0.25, 0.3) is 11.4 Å². The molecule has 0 atom stereocenters. The summed E-state index contributed by atoms with van der Waals surface area (Å²) < 4.78 is 0.